The number of para-hydroxylation sites is 1. The first-order chi connectivity index (χ1) is 13.3. The zero-order valence-corrected chi connectivity index (χ0v) is 15.2. The fourth-order valence-electron chi connectivity index (χ4n) is 2.69. The largest absolute Gasteiger partial charge is 0.368 e. The van der Waals surface area contributed by atoms with Crippen LogP contribution in [-0.2, 0) is 0 Å². The summed E-state index contributed by atoms with van der Waals surface area (Å²) < 4.78 is 0. The highest BCUT2D eigenvalue weighted by molar-refractivity contribution is 7.08. The van der Waals surface area contributed by atoms with Gasteiger partial charge >= 0.3 is 0 Å². The predicted molar refractivity (Wildman–Crippen MR) is 108 cm³/mol. The van der Waals surface area contributed by atoms with Gasteiger partial charge in [-0.05, 0) is 35.7 Å². The van der Waals surface area contributed by atoms with Gasteiger partial charge in [-0.25, -0.2) is 9.97 Å². The van der Waals surface area contributed by atoms with Crippen molar-refractivity contribution in [1.82, 2.24) is 20.3 Å². The van der Waals surface area contributed by atoms with Crippen LogP contribution in [0.5, 0.6) is 0 Å². The standard InChI is InChI=1S/C20H17N5OS/c26-20(14-4-3-8-21-12-14)23-10-9-22-19-16-5-1-2-6-17(16)24-18(25-19)15-7-11-27-13-15/h1-8,11-13H,9-10H2,(H,23,26)(H,22,24,25). The van der Waals surface area contributed by atoms with Crippen molar-refractivity contribution in [3.05, 3.63) is 71.2 Å². The lowest BCUT2D eigenvalue weighted by molar-refractivity contribution is 0.0955. The van der Waals surface area contributed by atoms with Gasteiger partial charge in [-0.2, -0.15) is 11.3 Å². The average Bonchev–Trinajstić information content (AvgIpc) is 3.26. The first kappa shape index (κ1) is 17.1. The molecule has 3 aromatic heterocycles. The number of rotatable bonds is 6. The van der Waals surface area contributed by atoms with E-state index in [-0.39, 0.29) is 5.91 Å². The molecule has 0 aliphatic carbocycles. The fourth-order valence-corrected chi connectivity index (χ4v) is 3.32. The van der Waals surface area contributed by atoms with Crippen molar-refractivity contribution in [2.45, 2.75) is 0 Å². The van der Waals surface area contributed by atoms with Crippen LogP contribution in [-0.4, -0.2) is 33.9 Å². The van der Waals surface area contributed by atoms with E-state index in [9.17, 15) is 4.79 Å². The van der Waals surface area contributed by atoms with Crippen LogP contribution in [0.2, 0.25) is 0 Å². The SMILES string of the molecule is O=C(NCCNc1nc(-c2ccsc2)nc2ccccc12)c1cccnc1. The molecule has 27 heavy (non-hydrogen) atoms. The Morgan fingerprint density at radius 2 is 1.96 bits per heavy atom. The summed E-state index contributed by atoms with van der Waals surface area (Å²) in [4.78, 5) is 25.4. The second-order valence-corrected chi connectivity index (χ2v) is 6.63. The molecule has 1 aromatic carbocycles. The van der Waals surface area contributed by atoms with Gasteiger partial charge in [-0.3, -0.25) is 9.78 Å². The highest BCUT2D eigenvalue weighted by atomic mass is 32.1. The summed E-state index contributed by atoms with van der Waals surface area (Å²) in [5, 5.41) is 11.2. The maximum absolute atomic E-state index is 12.1. The van der Waals surface area contributed by atoms with Crippen LogP contribution in [0.15, 0.2) is 65.6 Å². The highest BCUT2D eigenvalue weighted by Crippen LogP contribution is 2.25. The number of thiophene rings is 1. The number of fused-ring (bicyclic) bond motifs is 1. The maximum atomic E-state index is 12.1. The van der Waals surface area contributed by atoms with E-state index in [0.29, 0.717) is 24.5 Å². The van der Waals surface area contributed by atoms with Gasteiger partial charge in [-0.15, -0.1) is 0 Å². The third kappa shape index (κ3) is 3.93. The Bertz CT molecular complexity index is 1050. The van der Waals surface area contributed by atoms with Gasteiger partial charge in [0.25, 0.3) is 5.91 Å². The van der Waals surface area contributed by atoms with Crippen molar-refractivity contribution < 1.29 is 4.79 Å². The van der Waals surface area contributed by atoms with E-state index in [4.69, 9.17) is 0 Å². The molecular weight excluding hydrogens is 358 g/mol. The second-order valence-electron chi connectivity index (χ2n) is 5.85. The zero-order valence-electron chi connectivity index (χ0n) is 14.4. The lowest BCUT2D eigenvalue weighted by atomic mass is 10.2. The molecule has 0 bridgehead atoms. The Labute approximate surface area is 160 Å². The molecule has 0 radical (unpaired) electrons. The van der Waals surface area contributed by atoms with E-state index in [2.05, 4.69) is 25.6 Å². The first-order valence-electron chi connectivity index (χ1n) is 8.53. The topological polar surface area (TPSA) is 79.8 Å². The Morgan fingerprint density at radius 1 is 1.04 bits per heavy atom. The minimum Gasteiger partial charge on any atom is -0.368 e. The molecule has 6 nitrogen and oxygen atoms in total. The Kier molecular flexibility index (Phi) is 5.02. The number of aromatic nitrogens is 3. The lowest BCUT2D eigenvalue weighted by Crippen LogP contribution is -2.29. The van der Waals surface area contributed by atoms with Crippen LogP contribution in [0.25, 0.3) is 22.3 Å². The van der Waals surface area contributed by atoms with E-state index in [1.165, 1.54) is 0 Å². The Hall–Kier alpha value is -3.32. The minimum absolute atomic E-state index is 0.142. The van der Waals surface area contributed by atoms with Crippen LogP contribution < -0.4 is 10.6 Å². The van der Waals surface area contributed by atoms with E-state index in [0.717, 1.165) is 22.3 Å². The number of amides is 1. The lowest BCUT2D eigenvalue weighted by Gasteiger charge is -2.11. The van der Waals surface area contributed by atoms with Crippen molar-refractivity contribution in [1.29, 1.82) is 0 Å². The summed E-state index contributed by atoms with van der Waals surface area (Å²) in [5.74, 6) is 1.31. The van der Waals surface area contributed by atoms with Gasteiger partial charge in [0.2, 0.25) is 0 Å². The second kappa shape index (κ2) is 7.92. The molecule has 4 rings (SSSR count). The van der Waals surface area contributed by atoms with Gasteiger partial charge in [0.1, 0.15) is 5.82 Å². The molecule has 134 valence electrons. The van der Waals surface area contributed by atoms with E-state index < -0.39 is 0 Å². The number of nitrogens with zero attached hydrogens (tertiary/aromatic N) is 3. The summed E-state index contributed by atoms with van der Waals surface area (Å²) in [6.45, 7) is 1.02. The molecule has 3 heterocycles. The van der Waals surface area contributed by atoms with Crippen LogP contribution in [0.4, 0.5) is 5.82 Å². The molecule has 0 fully saturated rings. The quantitative estimate of drug-likeness (QED) is 0.504. The van der Waals surface area contributed by atoms with E-state index in [1.807, 2.05) is 41.1 Å². The monoisotopic (exact) mass is 375 g/mol. The molecule has 4 aromatic rings. The molecule has 0 spiro atoms. The first-order valence-corrected chi connectivity index (χ1v) is 9.47. The summed E-state index contributed by atoms with van der Waals surface area (Å²) in [5.41, 5.74) is 2.43. The van der Waals surface area contributed by atoms with E-state index in [1.54, 1.807) is 35.9 Å². The third-order valence-corrected chi connectivity index (χ3v) is 4.69. The Balaban J connectivity index is 1.47. The van der Waals surface area contributed by atoms with Crippen molar-refractivity contribution in [2.75, 3.05) is 18.4 Å². The summed E-state index contributed by atoms with van der Waals surface area (Å²) >= 11 is 1.62. The fraction of sp³-hybridized carbons (Fsp3) is 0.100. The van der Waals surface area contributed by atoms with E-state index >= 15 is 0 Å². The molecule has 0 aliphatic rings. The summed E-state index contributed by atoms with van der Waals surface area (Å²) in [6.07, 6.45) is 3.19. The average molecular weight is 375 g/mol. The molecule has 1 amide bonds. The van der Waals surface area contributed by atoms with Gasteiger partial charge in [0.15, 0.2) is 5.82 Å². The molecule has 0 saturated heterocycles. The molecule has 0 aliphatic heterocycles. The number of hydrogen-bond donors (Lipinski definition) is 2. The van der Waals surface area contributed by atoms with Crippen molar-refractivity contribution in [2.24, 2.45) is 0 Å². The zero-order chi connectivity index (χ0) is 18.5. The maximum Gasteiger partial charge on any atom is 0.252 e. The third-order valence-electron chi connectivity index (χ3n) is 4.01. The number of benzene rings is 1. The number of nitrogens with one attached hydrogen (secondary N) is 2. The van der Waals surface area contributed by atoms with Crippen molar-refractivity contribution in [3.8, 4) is 11.4 Å². The normalized spacial score (nSPS) is 10.7. The molecular formula is C20H17N5OS. The van der Waals surface area contributed by atoms with Gasteiger partial charge in [0.05, 0.1) is 11.1 Å². The number of carbonyl (C=O) groups is 1. The smallest absolute Gasteiger partial charge is 0.252 e. The van der Waals surface area contributed by atoms with Gasteiger partial charge in [0, 0.05) is 41.8 Å². The van der Waals surface area contributed by atoms with Crippen molar-refractivity contribution >= 4 is 34.0 Å². The summed E-state index contributed by atoms with van der Waals surface area (Å²) in [6, 6.07) is 13.4. The molecule has 0 saturated carbocycles. The minimum atomic E-state index is -0.142. The number of anilines is 1. The van der Waals surface area contributed by atoms with Crippen LogP contribution in [0, 0.1) is 0 Å². The Morgan fingerprint density at radius 3 is 2.78 bits per heavy atom. The van der Waals surface area contributed by atoms with Crippen molar-refractivity contribution in [3.63, 3.8) is 0 Å². The van der Waals surface area contributed by atoms with Gasteiger partial charge in [-0.1, -0.05) is 12.1 Å². The molecule has 0 atom stereocenters. The van der Waals surface area contributed by atoms with Crippen LogP contribution in [0.1, 0.15) is 10.4 Å². The number of pyridine rings is 1. The number of hydrogen-bond acceptors (Lipinski definition) is 6. The molecule has 0 unspecified atom stereocenters. The molecule has 2 N–H and O–H groups in total. The van der Waals surface area contributed by atoms with Crippen LogP contribution in [0.3, 0.4) is 0 Å². The predicted octanol–water partition coefficient (Wildman–Crippen LogP) is 3.60. The van der Waals surface area contributed by atoms with Gasteiger partial charge < -0.3 is 10.6 Å². The highest BCUT2D eigenvalue weighted by Gasteiger charge is 2.10. The van der Waals surface area contributed by atoms with Crippen LogP contribution >= 0.6 is 11.3 Å². The number of carbonyl (C=O) groups excluding carboxylic acids is 1. The molecule has 7 heteroatoms. The summed E-state index contributed by atoms with van der Waals surface area (Å²) in [7, 11) is 0.